The number of benzene rings is 2. The number of amides is 1. The molecule has 132 valence electrons. The van der Waals surface area contributed by atoms with E-state index in [1.165, 1.54) is 30.5 Å². The molecule has 0 spiro atoms. The largest absolute Gasteiger partial charge is 0.497 e. The summed E-state index contributed by atoms with van der Waals surface area (Å²) in [5.74, 6) is 0.834. The highest BCUT2D eigenvalue weighted by atomic mass is 16.5. The smallest absolute Gasteiger partial charge is 0.251 e. The monoisotopic (exact) mass is 338 g/mol. The van der Waals surface area contributed by atoms with Crippen molar-refractivity contribution in [3.05, 3.63) is 59.7 Å². The Morgan fingerprint density at radius 1 is 1.00 bits per heavy atom. The minimum atomic E-state index is -0.0151. The second-order valence-electron chi connectivity index (χ2n) is 6.45. The molecule has 1 saturated heterocycles. The third kappa shape index (κ3) is 4.75. The molecular weight excluding hydrogens is 312 g/mol. The summed E-state index contributed by atoms with van der Waals surface area (Å²) in [7, 11) is 1.66. The molecule has 1 aliphatic heterocycles. The van der Waals surface area contributed by atoms with Crippen molar-refractivity contribution in [2.75, 3.05) is 31.6 Å². The molecule has 0 aliphatic carbocycles. The average molecular weight is 338 g/mol. The SMILES string of the molecule is COc1ccc(CCNC(=O)c2ccc(N3CCCCC3)cc2)cc1. The van der Waals surface area contributed by atoms with Crippen molar-refractivity contribution >= 4 is 11.6 Å². The van der Waals surface area contributed by atoms with Gasteiger partial charge < -0.3 is 15.0 Å². The minimum Gasteiger partial charge on any atom is -0.497 e. The minimum absolute atomic E-state index is 0.0151. The van der Waals surface area contributed by atoms with Crippen LogP contribution in [-0.2, 0) is 6.42 Å². The fourth-order valence-electron chi connectivity index (χ4n) is 3.19. The van der Waals surface area contributed by atoms with Gasteiger partial charge >= 0.3 is 0 Å². The Hall–Kier alpha value is -2.49. The van der Waals surface area contributed by atoms with Crippen LogP contribution in [0.1, 0.15) is 35.2 Å². The summed E-state index contributed by atoms with van der Waals surface area (Å²) in [4.78, 5) is 14.7. The number of carbonyl (C=O) groups excluding carboxylic acids is 1. The molecule has 0 aromatic heterocycles. The van der Waals surface area contributed by atoms with Crippen LogP contribution in [0.3, 0.4) is 0 Å². The third-order valence-electron chi connectivity index (χ3n) is 4.71. The van der Waals surface area contributed by atoms with Gasteiger partial charge in [0.05, 0.1) is 7.11 Å². The molecule has 2 aromatic rings. The highest BCUT2D eigenvalue weighted by molar-refractivity contribution is 5.94. The Morgan fingerprint density at radius 3 is 2.32 bits per heavy atom. The first-order chi connectivity index (χ1) is 12.3. The molecule has 4 nitrogen and oxygen atoms in total. The maximum absolute atomic E-state index is 12.3. The van der Waals surface area contributed by atoms with E-state index in [9.17, 15) is 4.79 Å². The number of hydrogen-bond donors (Lipinski definition) is 1. The molecule has 0 atom stereocenters. The van der Waals surface area contributed by atoms with E-state index in [0.29, 0.717) is 6.54 Å². The van der Waals surface area contributed by atoms with Gasteiger partial charge in [-0.05, 0) is 67.6 Å². The predicted octanol–water partition coefficient (Wildman–Crippen LogP) is 3.66. The summed E-state index contributed by atoms with van der Waals surface area (Å²) in [5.41, 5.74) is 3.12. The van der Waals surface area contributed by atoms with E-state index >= 15 is 0 Å². The van der Waals surface area contributed by atoms with E-state index in [2.05, 4.69) is 22.3 Å². The molecule has 0 unspecified atom stereocenters. The van der Waals surface area contributed by atoms with Crippen LogP contribution in [0.4, 0.5) is 5.69 Å². The van der Waals surface area contributed by atoms with Gasteiger partial charge in [0, 0.05) is 30.9 Å². The Labute approximate surface area is 149 Å². The Balaban J connectivity index is 1.48. The zero-order chi connectivity index (χ0) is 17.5. The van der Waals surface area contributed by atoms with Crippen molar-refractivity contribution in [3.8, 4) is 5.75 Å². The Bertz CT molecular complexity index is 674. The summed E-state index contributed by atoms with van der Waals surface area (Å²) in [5, 5.41) is 2.99. The number of ether oxygens (including phenoxy) is 1. The summed E-state index contributed by atoms with van der Waals surface area (Å²) in [6.07, 6.45) is 4.65. The first kappa shape index (κ1) is 17.3. The van der Waals surface area contributed by atoms with E-state index in [-0.39, 0.29) is 5.91 Å². The molecule has 1 amide bonds. The zero-order valence-electron chi connectivity index (χ0n) is 14.8. The standard InChI is InChI=1S/C21H26N2O2/c1-25-20-11-5-17(6-12-20)13-14-22-21(24)18-7-9-19(10-8-18)23-15-3-2-4-16-23/h5-12H,2-4,13-16H2,1H3,(H,22,24). The highest BCUT2D eigenvalue weighted by Crippen LogP contribution is 2.20. The van der Waals surface area contributed by atoms with Gasteiger partial charge in [-0.15, -0.1) is 0 Å². The lowest BCUT2D eigenvalue weighted by atomic mass is 10.1. The molecule has 0 saturated carbocycles. The van der Waals surface area contributed by atoms with Crippen LogP contribution in [0.15, 0.2) is 48.5 Å². The number of nitrogens with zero attached hydrogens (tertiary/aromatic N) is 1. The van der Waals surface area contributed by atoms with Crippen molar-refractivity contribution in [2.24, 2.45) is 0 Å². The van der Waals surface area contributed by atoms with Gasteiger partial charge in [0.1, 0.15) is 5.75 Å². The van der Waals surface area contributed by atoms with Gasteiger partial charge in [-0.2, -0.15) is 0 Å². The van der Waals surface area contributed by atoms with Gasteiger partial charge in [-0.1, -0.05) is 12.1 Å². The van der Waals surface area contributed by atoms with E-state index < -0.39 is 0 Å². The topological polar surface area (TPSA) is 41.6 Å². The zero-order valence-corrected chi connectivity index (χ0v) is 14.8. The molecule has 1 N–H and O–H groups in total. The number of rotatable bonds is 6. The number of methoxy groups -OCH3 is 1. The van der Waals surface area contributed by atoms with Crippen molar-refractivity contribution in [3.63, 3.8) is 0 Å². The van der Waals surface area contributed by atoms with E-state index in [1.807, 2.05) is 36.4 Å². The Kier molecular flexibility index (Phi) is 5.94. The van der Waals surface area contributed by atoms with Crippen LogP contribution in [0, 0.1) is 0 Å². The fraction of sp³-hybridized carbons (Fsp3) is 0.381. The fourth-order valence-corrected chi connectivity index (χ4v) is 3.19. The number of nitrogens with one attached hydrogen (secondary N) is 1. The molecule has 4 heteroatoms. The van der Waals surface area contributed by atoms with Crippen molar-refractivity contribution in [1.82, 2.24) is 5.32 Å². The summed E-state index contributed by atoms with van der Waals surface area (Å²) < 4.78 is 5.15. The average Bonchev–Trinajstić information content (AvgIpc) is 2.69. The predicted molar refractivity (Wildman–Crippen MR) is 102 cm³/mol. The first-order valence-corrected chi connectivity index (χ1v) is 9.02. The van der Waals surface area contributed by atoms with E-state index in [4.69, 9.17) is 4.74 Å². The van der Waals surface area contributed by atoms with Crippen LogP contribution in [0.5, 0.6) is 5.75 Å². The third-order valence-corrected chi connectivity index (χ3v) is 4.71. The number of hydrogen-bond acceptors (Lipinski definition) is 3. The molecule has 0 bridgehead atoms. The van der Waals surface area contributed by atoms with Crippen LogP contribution in [-0.4, -0.2) is 32.7 Å². The van der Waals surface area contributed by atoms with Crippen LogP contribution < -0.4 is 15.0 Å². The van der Waals surface area contributed by atoms with Crippen molar-refractivity contribution in [1.29, 1.82) is 0 Å². The highest BCUT2D eigenvalue weighted by Gasteiger charge is 2.11. The normalized spacial score (nSPS) is 14.2. The summed E-state index contributed by atoms with van der Waals surface area (Å²) in [6.45, 7) is 2.86. The molecule has 1 heterocycles. The Morgan fingerprint density at radius 2 is 1.68 bits per heavy atom. The summed E-state index contributed by atoms with van der Waals surface area (Å²) >= 11 is 0. The molecule has 1 aliphatic rings. The number of anilines is 1. The molecular formula is C21H26N2O2. The molecule has 2 aromatic carbocycles. The van der Waals surface area contributed by atoms with Gasteiger partial charge in [0.2, 0.25) is 0 Å². The van der Waals surface area contributed by atoms with Crippen LogP contribution in [0.25, 0.3) is 0 Å². The maximum Gasteiger partial charge on any atom is 0.251 e. The van der Waals surface area contributed by atoms with Gasteiger partial charge in [0.25, 0.3) is 5.91 Å². The quantitative estimate of drug-likeness (QED) is 0.874. The molecule has 25 heavy (non-hydrogen) atoms. The maximum atomic E-state index is 12.3. The van der Waals surface area contributed by atoms with Crippen molar-refractivity contribution < 1.29 is 9.53 Å². The summed E-state index contributed by atoms with van der Waals surface area (Å²) in [6, 6.07) is 15.9. The lowest BCUT2D eigenvalue weighted by molar-refractivity contribution is 0.0954. The molecule has 3 rings (SSSR count). The van der Waals surface area contributed by atoms with E-state index in [0.717, 1.165) is 30.8 Å². The van der Waals surface area contributed by atoms with Gasteiger partial charge in [0.15, 0.2) is 0 Å². The lowest BCUT2D eigenvalue weighted by Crippen LogP contribution is -2.29. The van der Waals surface area contributed by atoms with E-state index in [1.54, 1.807) is 7.11 Å². The second-order valence-corrected chi connectivity index (χ2v) is 6.45. The van der Waals surface area contributed by atoms with Crippen LogP contribution >= 0.6 is 0 Å². The molecule has 1 fully saturated rings. The van der Waals surface area contributed by atoms with Crippen LogP contribution in [0.2, 0.25) is 0 Å². The molecule has 0 radical (unpaired) electrons. The second kappa shape index (κ2) is 8.56. The lowest BCUT2D eigenvalue weighted by Gasteiger charge is -2.28. The number of carbonyl (C=O) groups is 1. The number of piperidine rings is 1. The van der Waals surface area contributed by atoms with Gasteiger partial charge in [-0.25, -0.2) is 0 Å². The van der Waals surface area contributed by atoms with Crippen molar-refractivity contribution in [2.45, 2.75) is 25.7 Å². The first-order valence-electron chi connectivity index (χ1n) is 9.02. The van der Waals surface area contributed by atoms with Gasteiger partial charge in [-0.3, -0.25) is 4.79 Å².